The lowest BCUT2D eigenvalue weighted by Crippen LogP contribution is -2.47. The van der Waals surface area contributed by atoms with Crippen LogP contribution in [-0.2, 0) is 4.74 Å². The lowest BCUT2D eigenvalue weighted by atomic mass is 9.86. The summed E-state index contributed by atoms with van der Waals surface area (Å²) in [5.74, 6) is -1.63. The lowest BCUT2D eigenvalue weighted by Gasteiger charge is -2.33. The van der Waals surface area contributed by atoms with Crippen molar-refractivity contribution in [3.8, 4) is 0 Å². The molecule has 2 aromatic rings. The maximum atomic E-state index is 13.4. The predicted octanol–water partition coefficient (Wildman–Crippen LogP) is 0.489. The molecule has 10 nitrogen and oxygen atoms in total. The summed E-state index contributed by atoms with van der Waals surface area (Å²) in [5, 5.41) is 0.803. The Labute approximate surface area is 201 Å². The fourth-order valence-electron chi connectivity index (χ4n) is 5.16. The summed E-state index contributed by atoms with van der Waals surface area (Å²) in [6, 6.07) is 6.42. The van der Waals surface area contributed by atoms with E-state index in [1.807, 2.05) is 10.8 Å². The predicted molar refractivity (Wildman–Crippen MR) is 126 cm³/mol. The molecule has 178 valence electrons. The molecule has 0 atom stereocenters. The van der Waals surface area contributed by atoms with Crippen LogP contribution < -0.4 is 0 Å². The van der Waals surface area contributed by atoms with Gasteiger partial charge in [0, 0.05) is 59.2 Å². The average Bonchev–Trinajstić information content (AvgIpc) is 3.40. The molecule has 0 aliphatic carbocycles. The Bertz CT molecular complexity index is 1290. The summed E-state index contributed by atoms with van der Waals surface area (Å²) >= 11 is 0. The number of imide groups is 2. The van der Waals surface area contributed by atoms with Crippen LogP contribution in [0.5, 0.6) is 0 Å². The lowest BCUT2D eigenvalue weighted by molar-refractivity contribution is -0.516. The zero-order valence-electron chi connectivity index (χ0n) is 19.1. The van der Waals surface area contributed by atoms with Crippen LogP contribution in [0, 0.1) is 0 Å². The summed E-state index contributed by atoms with van der Waals surface area (Å²) in [4.78, 5) is 62.1. The second-order valence-corrected chi connectivity index (χ2v) is 8.98. The summed E-state index contributed by atoms with van der Waals surface area (Å²) in [7, 11) is 0. The Morgan fingerprint density at radius 3 is 1.74 bits per heavy atom. The van der Waals surface area contributed by atoms with Gasteiger partial charge in [-0.15, -0.1) is 0 Å². The maximum absolute atomic E-state index is 13.4. The first-order chi connectivity index (χ1) is 17.0. The van der Waals surface area contributed by atoms with E-state index >= 15 is 0 Å². The first-order valence-electron chi connectivity index (χ1n) is 11.7. The fraction of sp³-hybridized carbons (Fsp3) is 0.360. The van der Waals surface area contributed by atoms with E-state index in [2.05, 4.69) is 9.89 Å². The number of hydrogen-bond acceptors (Lipinski definition) is 7. The normalized spacial score (nSPS) is 19.8. The zero-order chi connectivity index (χ0) is 24.1. The highest BCUT2D eigenvalue weighted by Gasteiger charge is 2.39. The highest BCUT2D eigenvalue weighted by atomic mass is 16.5. The first-order valence-corrected chi connectivity index (χ1v) is 11.7. The third-order valence-corrected chi connectivity index (χ3v) is 7.06. The van der Waals surface area contributed by atoms with E-state index < -0.39 is 23.6 Å². The summed E-state index contributed by atoms with van der Waals surface area (Å²) in [5.41, 5.74) is 1.37. The third kappa shape index (κ3) is 3.48. The number of ether oxygens (including phenoxy) is 1. The van der Waals surface area contributed by atoms with Gasteiger partial charge in [0.05, 0.1) is 26.0 Å². The first kappa shape index (κ1) is 21.8. The summed E-state index contributed by atoms with van der Waals surface area (Å²) in [6.07, 6.45) is 3.51. The van der Waals surface area contributed by atoms with Crippen molar-refractivity contribution in [2.45, 2.75) is 0 Å². The number of rotatable bonds is 6. The summed E-state index contributed by atoms with van der Waals surface area (Å²) in [6.45, 7) is 4.83. The van der Waals surface area contributed by atoms with Gasteiger partial charge in [-0.25, -0.2) is 9.57 Å². The van der Waals surface area contributed by atoms with Crippen LogP contribution in [0.25, 0.3) is 10.8 Å². The zero-order valence-corrected chi connectivity index (χ0v) is 19.1. The van der Waals surface area contributed by atoms with Crippen LogP contribution >= 0.6 is 0 Å². The van der Waals surface area contributed by atoms with Crippen molar-refractivity contribution in [3.05, 3.63) is 46.5 Å². The second kappa shape index (κ2) is 8.47. The molecule has 10 heteroatoms. The number of carbonyl (C=O) groups is 4. The van der Waals surface area contributed by atoms with Gasteiger partial charge in [0.1, 0.15) is 0 Å². The van der Waals surface area contributed by atoms with E-state index in [1.165, 1.54) is 9.80 Å². The van der Waals surface area contributed by atoms with E-state index in [1.54, 1.807) is 30.5 Å². The number of amides is 4. The Balaban J connectivity index is 1.32. The number of aliphatic imine (C=N–C) groups is 1. The molecule has 0 saturated carbocycles. The average molecular weight is 474 g/mol. The van der Waals surface area contributed by atoms with E-state index in [4.69, 9.17) is 4.74 Å². The van der Waals surface area contributed by atoms with Crippen molar-refractivity contribution in [1.29, 1.82) is 0 Å². The second-order valence-electron chi connectivity index (χ2n) is 8.98. The Kier molecular flexibility index (Phi) is 5.27. The van der Waals surface area contributed by atoms with E-state index in [0.29, 0.717) is 66.0 Å². The molecule has 0 radical (unpaired) electrons. The fourth-order valence-corrected chi connectivity index (χ4v) is 5.16. The van der Waals surface area contributed by atoms with Crippen LogP contribution in [-0.4, -0.2) is 114 Å². The number of hydrogen-bond donors (Lipinski definition) is 0. The molecule has 4 amide bonds. The Morgan fingerprint density at radius 2 is 1.26 bits per heavy atom. The van der Waals surface area contributed by atoms with Crippen molar-refractivity contribution >= 4 is 46.8 Å². The number of benzene rings is 2. The number of nitrogens with zero attached hydrogens (tertiary/aromatic N) is 5. The molecule has 4 heterocycles. The van der Waals surface area contributed by atoms with Crippen LogP contribution in [0.15, 0.2) is 29.3 Å². The molecule has 35 heavy (non-hydrogen) atoms. The SMILES string of the molecule is O=C1c2ccc3c4c(ccc(c24)C(=O)N1CCN1CCOCC1)C(=O)N(CC[N+]1=CC=NC1)C3=O. The van der Waals surface area contributed by atoms with Gasteiger partial charge < -0.3 is 4.74 Å². The van der Waals surface area contributed by atoms with Crippen molar-refractivity contribution in [3.63, 3.8) is 0 Å². The molecule has 6 rings (SSSR count). The van der Waals surface area contributed by atoms with E-state index in [9.17, 15) is 19.2 Å². The third-order valence-electron chi connectivity index (χ3n) is 7.06. The van der Waals surface area contributed by atoms with Crippen molar-refractivity contribution in [1.82, 2.24) is 14.7 Å². The van der Waals surface area contributed by atoms with Crippen LogP contribution in [0.2, 0.25) is 0 Å². The molecule has 2 aromatic carbocycles. The van der Waals surface area contributed by atoms with Crippen molar-refractivity contribution < 1.29 is 28.5 Å². The van der Waals surface area contributed by atoms with Gasteiger partial charge in [-0.3, -0.25) is 33.9 Å². The van der Waals surface area contributed by atoms with E-state index in [-0.39, 0.29) is 13.1 Å². The summed E-state index contributed by atoms with van der Waals surface area (Å²) < 4.78 is 7.28. The van der Waals surface area contributed by atoms with Crippen molar-refractivity contribution in [2.24, 2.45) is 4.99 Å². The minimum atomic E-state index is -0.416. The molecular formula is C25H24N5O5+. The van der Waals surface area contributed by atoms with Gasteiger partial charge in [-0.1, -0.05) is 0 Å². The van der Waals surface area contributed by atoms with Gasteiger partial charge in [-0.05, 0) is 24.3 Å². The van der Waals surface area contributed by atoms with Crippen LogP contribution in [0.1, 0.15) is 41.4 Å². The number of morpholine rings is 1. The quantitative estimate of drug-likeness (QED) is 0.446. The molecule has 0 N–H and O–H groups in total. The molecule has 4 aliphatic rings. The van der Waals surface area contributed by atoms with Crippen molar-refractivity contribution in [2.75, 3.05) is 59.2 Å². The minimum absolute atomic E-state index is 0.217. The van der Waals surface area contributed by atoms with Gasteiger partial charge in [-0.2, -0.15) is 0 Å². The Morgan fingerprint density at radius 1 is 0.743 bits per heavy atom. The highest BCUT2D eigenvalue weighted by molar-refractivity contribution is 6.33. The molecular weight excluding hydrogens is 450 g/mol. The van der Waals surface area contributed by atoms with E-state index in [0.717, 1.165) is 13.1 Å². The minimum Gasteiger partial charge on any atom is -0.379 e. The molecule has 0 aromatic heterocycles. The molecule has 0 bridgehead atoms. The molecule has 0 unspecified atom stereocenters. The smallest absolute Gasteiger partial charge is 0.261 e. The standard InChI is InChI=1S/C25H24N5O5/c31-22-16-1-3-18-21-19(25(34)30(24(18)33)10-8-28-6-5-26-15-28)4-2-17(20(16)21)23(32)29(22)9-7-27-11-13-35-14-12-27/h1-6H,7-15H2/q+1. The Hall–Kier alpha value is -3.76. The molecule has 0 spiro atoms. The maximum Gasteiger partial charge on any atom is 0.261 e. The monoisotopic (exact) mass is 474 g/mol. The molecule has 1 fully saturated rings. The highest BCUT2D eigenvalue weighted by Crippen LogP contribution is 2.37. The van der Waals surface area contributed by atoms with Crippen LogP contribution in [0.4, 0.5) is 0 Å². The largest absolute Gasteiger partial charge is 0.379 e. The molecule has 4 aliphatic heterocycles. The van der Waals surface area contributed by atoms with Gasteiger partial charge in [0.15, 0.2) is 12.8 Å². The topological polar surface area (TPSA) is 103 Å². The van der Waals surface area contributed by atoms with Gasteiger partial charge >= 0.3 is 0 Å². The van der Waals surface area contributed by atoms with Gasteiger partial charge in [0.2, 0.25) is 6.67 Å². The van der Waals surface area contributed by atoms with Gasteiger partial charge in [0.25, 0.3) is 23.6 Å². The number of carbonyl (C=O) groups excluding carboxylic acids is 4. The van der Waals surface area contributed by atoms with Crippen LogP contribution in [0.3, 0.4) is 0 Å². The molecule has 1 saturated heterocycles.